The molecule has 6 atom stereocenters. The molecule has 2 aromatic rings. The maximum absolute atomic E-state index is 10.4. The van der Waals surface area contributed by atoms with Gasteiger partial charge in [0.2, 0.25) is 0 Å². The van der Waals surface area contributed by atoms with E-state index >= 15 is 0 Å². The van der Waals surface area contributed by atoms with Crippen LogP contribution in [0.4, 0.5) is 0 Å². The normalized spacial score (nSPS) is 26.0. The quantitative estimate of drug-likeness (QED) is 0.171. The van der Waals surface area contributed by atoms with Crippen molar-refractivity contribution >= 4 is 17.6 Å². The van der Waals surface area contributed by atoms with Crippen LogP contribution in [0, 0.1) is 0 Å². The Kier molecular flexibility index (Phi) is 12.8. The van der Waals surface area contributed by atoms with Gasteiger partial charge < -0.3 is 45.1 Å². The molecule has 10 nitrogen and oxygen atoms in total. The Morgan fingerprint density at radius 3 is 2.45 bits per heavy atom. The van der Waals surface area contributed by atoms with Gasteiger partial charge in [0, 0.05) is 5.02 Å². The Morgan fingerprint density at radius 2 is 1.85 bits per heavy atom. The van der Waals surface area contributed by atoms with Crippen LogP contribution < -0.4 is 10.1 Å². The summed E-state index contributed by atoms with van der Waals surface area (Å²) >= 11 is 6.39. The minimum atomic E-state index is -1.43. The number of ether oxygens (including phenoxy) is 3. The number of halogens is 1. The zero-order chi connectivity index (χ0) is 29.1. The number of carboxylic acid groups (broad SMARTS) is 1. The minimum absolute atomic E-state index is 0.269. The fourth-order valence-corrected chi connectivity index (χ4v) is 4.67. The van der Waals surface area contributed by atoms with Crippen molar-refractivity contribution in [1.82, 2.24) is 5.32 Å². The number of rotatable bonds is 11. The van der Waals surface area contributed by atoms with Gasteiger partial charge in [0.05, 0.1) is 19.8 Å². The highest BCUT2D eigenvalue weighted by molar-refractivity contribution is 6.31. The monoisotopic (exact) mass is 579 g/mol. The lowest BCUT2D eigenvalue weighted by Crippen LogP contribution is -2.55. The van der Waals surface area contributed by atoms with Gasteiger partial charge in [-0.05, 0) is 60.7 Å². The maximum Gasteiger partial charge on any atom is 0.320 e. The topological polar surface area (TPSA) is 158 Å². The molecule has 2 aliphatic heterocycles. The molecule has 0 saturated carbocycles. The summed E-state index contributed by atoms with van der Waals surface area (Å²) in [4.78, 5) is 10.1. The summed E-state index contributed by atoms with van der Waals surface area (Å²) in [6.45, 7) is 5.39. The molecule has 40 heavy (non-hydrogen) atoms. The van der Waals surface area contributed by atoms with Crippen molar-refractivity contribution in [2.45, 2.75) is 55.8 Å². The van der Waals surface area contributed by atoms with Gasteiger partial charge in [-0.15, -0.1) is 6.58 Å². The lowest BCUT2D eigenvalue weighted by Gasteiger charge is -2.40. The van der Waals surface area contributed by atoms with Gasteiger partial charge in [0.25, 0.3) is 0 Å². The van der Waals surface area contributed by atoms with Crippen LogP contribution in [0.15, 0.2) is 55.1 Å². The van der Waals surface area contributed by atoms with E-state index in [4.69, 9.17) is 30.9 Å². The summed E-state index contributed by atoms with van der Waals surface area (Å²) in [5, 5.41) is 51.6. The lowest BCUT2D eigenvalue weighted by atomic mass is 9.90. The van der Waals surface area contributed by atoms with Crippen molar-refractivity contribution in [3.8, 4) is 5.75 Å². The molecule has 2 aliphatic rings. The average Bonchev–Trinajstić information content (AvgIpc) is 3.50. The van der Waals surface area contributed by atoms with Crippen molar-refractivity contribution in [2.24, 2.45) is 0 Å². The molecular formula is C29H38ClNO9. The first-order valence-corrected chi connectivity index (χ1v) is 13.6. The summed E-state index contributed by atoms with van der Waals surface area (Å²) in [7, 11) is 0. The molecule has 0 radical (unpaired) electrons. The number of carboxylic acids is 1. The Balaban J connectivity index is 0.000000472. The van der Waals surface area contributed by atoms with E-state index in [0.29, 0.717) is 36.8 Å². The number of aliphatic carboxylic acids is 1. The fraction of sp³-hybridized carbons (Fsp3) is 0.483. The summed E-state index contributed by atoms with van der Waals surface area (Å²) in [5.41, 5.74) is 2.42. The van der Waals surface area contributed by atoms with Gasteiger partial charge in [0.15, 0.2) is 0 Å². The minimum Gasteiger partial charge on any atom is -0.491 e. The van der Waals surface area contributed by atoms with Crippen LogP contribution in [0.3, 0.4) is 0 Å². The first-order valence-electron chi connectivity index (χ1n) is 13.2. The van der Waals surface area contributed by atoms with E-state index in [9.17, 15) is 25.2 Å². The molecular weight excluding hydrogens is 542 g/mol. The maximum atomic E-state index is 10.4. The van der Waals surface area contributed by atoms with Crippen molar-refractivity contribution in [3.63, 3.8) is 0 Å². The predicted molar refractivity (Wildman–Crippen MR) is 149 cm³/mol. The Morgan fingerprint density at radius 1 is 1.10 bits per heavy atom. The summed E-state index contributed by atoms with van der Waals surface area (Å²) in [5.74, 6) is 0.0135. The molecule has 2 fully saturated rings. The number of benzene rings is 2. The molecule has 0 aliphatic carbocycles. The molecule has 2 saturated heterocycles. The Bertz CT molecular complexity index is 1080. The molecule has 6 N–H and O–H groups in total. The van der Waals surface area contributed by atoms with Gasteiger partial charge in [-0.1, -0.05) is 41.9 Å². The van der Waals surface area contributed by atoms with E-state index in [1.165, 1.54) is 0 Å². The molecule has 220 valence electrons. The zero-order valence-corrected chi connectivity index (χ0v) is 22.9. The third kappa shape index (κ3) is 8.98. The Labute approximate surface area is 238 Å². The second-order valence-corrected chi connectivity index (χ2v) is 10.0. The zero-order valence-electron chi connectivity index (χ0n) is 22.2. The molecule has 11 heteroatoms. The molecule has 0 unspecified atom stereocenters. The number of nitrogens with one attached hydrogen (secondary N) is 1. The van der Waals surface area contributed by atoms with Gasteiger partial charge in [-0.3, -0.25) is 4.79 Å². The van der Waals surface area contributed by atoms with Crippen LogP contribution in [-0.2, 0) is 20.7 Å². The highest BCUT2D eigenvalue weighted by atomic mass is 35.5. The summed E-state index contributed by atoms with van der Waals surface area (Å²) in [6.07, 6.45) is -2.03. The van der Waals surface area contributed by atoms with Crippen molar-refractivity contribution in [1.29, 1.82) is 0 Å². The first-order chi connectivity index (χ1) is 19.2. The fourth-order valence-electron chi connectivity index (χ4n) is 4.49. The van der Waals surface area contributed by atoms with Gasteiger partial charge in [0.1, 0.15) is 48.9 Å². The standard InChI is InChI=1S/C24H29ClO7.C5H9NO2/c1-2-9-30-10-11-31-18-6-3-15(4-7-18)12-17-13-16(5-8-19(17)25)24-23(29)22(28)21(27)20(14-26)32-24;7-5(8)4-2-1-3-6-4/h2-8,13,20-24,26-29H,1,9-12,14H2;4,6H,1-3H2,(H,7,8)/t20-,21-,22+,23-,24+;4-/m10/s1. The molecule has 0 spiro atoms. The van der Waals surface area contributed by atoms with Crippen LogP contribution in [0.2, 0.25) is 5.02 Å². The van der Waals surface area contributed by atoms with Crippen LogP contribution >= 0.6 is 11.6 Å². The third-order valence-corrected chi connectivity index (χ3v) is 7.07. The first kappa shape index (κ1) is 32.0. The number of hydrogen-bond donors (Lipinski definition) is 6. The predicted octanol–water partition coefficient (Wildman–Crippen LogP) is 1.85. The lowest BCUT2D eigenvalue weighted by molar-refractivity contribution is -0.231. The second-order valence-electron chi connectivity index (χ2n) is 9.62. The second kappa shape index (κ2) is 16.0. The van der Waals surface area contributed by atoms with E-state index in [0.717, 1.165) is 36.3 Å². The van der Waals surface area contributed by atoms with Gasteiger partial charge in [-0.2, -0.15) is 0 Å². The van der Waals surface area contributed by atoms with Gasteiger partial charge in [-0.25, -0.2) is 0 Å². The van der Waals surface area contributed by atoms with Crippen molar-refractivity contribution < 1.29 is 44.5 Å². The molecule has 0 aromatic heterocycles. The van der Waals surface area contributed by atoms with Gasteiger partial charge >= 0.3 is 5.97 Å². The molecule has 2 aromatic carbocycles. The molecule has 2 heterocycles. The smallest absolute Gasteiger partial charge is 0.320 e. The highest BCUT2D eigenvalue weighted by Crippen LogP contribution is 2.34. The highest BCUT2D eigenvalue weighted by Gasteiger charge is 2.44. The molecule has 0 bridgehead atoms. The van der Waals surface area contributed by atoms with E-state index in [1.54, 1.807) is 24.3 Å². The van der Waals surface area contributed by atoms with E-state index in [2.05, 4.69) is 11.9 Å². The van der Waals surface area contributed by atoms with E-state index in [1.807, 2.05) is 24.3 Å². The molecule has 0 amide bonds. The summed E-state index contributed by atoms with van der Waals surface area (Å²) in [6, 6.07) is 12.6. The number of aliphatic hydroxyl groups is 4. The number of aliphatic hydroxyl groups excluding tert-OH is 4. The van der Waals surface area contributed by atoms with Crippen LogP contribution in [-0.4, -0.2) is 94.9 Å². The largest absolute Gasteiger partial charge is 0.491 e. The SMILES string of the molecule is C=CCOCCOc1ccc(Cc2cc([C@@H]3O[C@H](CO)[C@@H](O)[C@H](O)[C@H]3O)ccc2Cl)cc1.O=C(O)[C@@H]1CCCN1. The number of carbonyl (C=O) groups is 1. The number of hydrogen-bond acceptors (Lipinski definition) is 9. The van der Waals surface area contributed by atoms with E-state index in [-0.39, 0.29) is 6.04 Å². The average molecular weight is 580 g/mol. The third-order valence-electron chi connectivity index (χ3n) is 6.70. The summed E-state index contributed by atoms with van der Waals surface area (Å²) < 4.78 is 16.6. The van der Waals surface area contributed by atoms with Crippen molar-refractivity contribution in [3.05, 3.63) is 76.8 Å². The van der Waals surface area contributed by atoms with Crippen LogP contribution in [0.25, 0.3) is 0 Å². The van der Waals surface area contributed by atoms with Crippen LogP contribution in [0.5, 0.6) is 5.75 Å². The molecule has 4 rings (SSSR count). The van der Waals surface area contributed by atoms with Crippen molar-refractivity contribution in [2.75, 3.05) is 33.0 Å². The van der Waals surface area contributed by atoms with E-state index < -0.39 is 43.1 Å². The van der Waals surface area contributed by atoms with Crippen LogP contribution in [0.1, 0.15) is 35.6 Å². The Hall–Kier alpha value is -2.54.